The predicted octanol–water partition coefficient (Wildman–Crippen LogP) is 2.48. The normalized spacial score (nSPS) is 21.6. The number of nitrogens with one attached hydrogen (secondary N) is 2. The molecular formula is C15H19N5. The van der Waals surface area contributed by atoms with Crippen LogP contribution in [0.3, 0.4) is 0 Å². The highest BCUT2D eigenvalue weighted by molar-refractivity contribution is 6.01. The van der Waals surface area contributed by atoms with Crippen LogP contribution in [0.5, 0.6) is 0 Å². The van der Waals surface area contributed by atoms with Gasteiger partial charge in [-0.2, -0.15) is 0 Å². The number of nitrogens with zero attached hydrogens (tertiary/aromatic N) is 3. The number of anilines is 1. The predicted molar refractivity (Wildman–Crippen MR) is 80.6 cm³/mol. The highest BCUT2D eigenvalue weighted by Gasteiger charge is 2.38. The third kappa shape index (κ3) is 1.86. The molecule has 0 bridgehead atoms. The van der Waals surface area contributed by atoms with Crippen molar-refractivity contribution in [1.29, 1.82) is 5.41 Å². The molecule has 104 valence electrons. The van der Waals surface area contributed by atoms with E-state index >= 15 is 0 Å². The number of allylic oxidation sites excluding steroid dienone is 3. The minimum atomic E-state index is 0.0446. The van der Waals surface area contributed by atoms with E-state index in [1.165, 1.54) is 5.57 Å². The van der Waals surface area contributed by atoms with Crippen LogP contribution in [0.25, 0.3) is 0 Å². The zero-order valence-corrected chi connectivity index (χ0v) is 12.0. The lowest BCUT2D eigenvalue weighted by Crippen LogP contribution is -2.54. The Morgan fingerprint density at radius 1 is 1.35 bits per heavy atom. The summed E-state index contributed by atoms with van der Waals surface area (Å²) >= 11 is 0. The van der Waals surface area contributed by atoms with Gasteiger partial charge in [-0.1, -0.05) is 29.9 Å². The molecule has 1 aromatic rings. The summed E-state index contributed by atoms with van der Waals surface area (Å²) < 4.78 is 0. The van der Waals surface area contributed by atoms with Gasteiger partial charge >= 0.3 is 0 Å². The van der Waals surface area contributed by atoms with E-state index < -0.39 is 0 Å². The van der Waals surface area contributed by atoms with Gasteiger partial charge in [-0.25, -0.2) is 4.98 Å². The highest BCUT2D eigenvalue weighted by atomic mass is 15.4. The summed E-state index contributed by atoms with van der Waals surface area (Å²) in [4.78, 5) is 11.6. The van der Waals surface area contributed by atoms with E-state index in [-0.39, 0.29) is 12.1 Å². The van der Waals surface area contributed by atoms with Crippen LogP contribution in [0.2, 0.25) is 0 Å². The number of H-pyrrole nitrogens is 1. The molecule has 0 aromatic carbocycles. The van der Waals surface area contributed by atoms with Gasteiger partial charge in [-0.3, -0.25) is 5.41 Å². The van der Waals surface area contributed by atoms with Crippen LogP contribution in [-0.4, -0.2) is 33.9 Å². The molecule has 2 aliphatic rings. The van der Waals surface area contributed by atoms with Gasteiger partial charge in [-0.15, -0.1) is 0 Å². The summed E-state index contributed by atoms with van der Waals surface area (Å²) in [6, 6.07) is 0. The third-order valence-corrected chi connectivity index (χ3v) is 3.65. The van der Waals surface area contributed by atoms with Gasteiger partial charge in [0.2, 0.25) is 0 Å². The molecule has 0 amide bonds. The summed E-state index contributed by atoms with van der Waals surface area (Å²) in [5.74, 6) is 1.56. The van der Waals surface area contributed by atoms with Crippen molar-refractivity contribution in [3.05, 3.63) is 48.1 Å². The van der Waals surface area contributed by atoms with Gasteiger partial charge < -0.3 is 14.8 Å². The van der Waals surface area contributed by atoms with Crippen LogP contribution in [-0.2, 0) is 0 Å². The molecule has 1 aliphatic carbocycles. The van der Waals surface area contributed by atoms with Gasteiger partial charge in [0.1, 0.15) is 11.9 Å². The summed E-state index contributed by atoms with van der Waals surface area (Å²) in [5, 5.41) is 8.46. The fourth-order valence-electron chi connectivity index (χ4n) is 2.81. The Morgan fingerprint density at radius 3 is 2.70 bits per heavy atom. The van der Waals surface area contributed by atoms with Crippen molar-refractivity contribution >= 4 is 11.7 Å². The van der Waals surface area contributed by atoms with Crippen LogP contribution in [0.1, 0.15) is 19.5 Å². The summed E-state index contributed by atoms with van der Waals surface area (Å²) in [5.41, 5.74) is 1.94. The standard InChI is InChI=1S/C15H19N5/c1-10(2)8-20-13(16)12-14(18-9-17-12)19(3)15(20)11-6-4-5-7-11/h4-9,11,15-16H,1-3H3,(H,17,18). The van der Waals surface area contributed by atoms with E-state index in [1.54, 1.807) is 6.33 Å². The van der Waals surface area contributed by atoms with Crippen molar-refractivity contribution in [2.24, 2.45) is 5.92 Å². The molecule has 1 aliphatic heterocycles. The monoisotopic (exact) mass is 269 g/mol. The summed E-state index contributed by atoms with van der Waals surface area (Å²) in [6.45, 7) is 4.10. The molecule has 2 N–H and O–H groups in total. The van der Waals surface area contributed by atoms with Gasteiger partial charge in [0.05, 0.1) is 6.33 Å². The smallest absolute Gasteiger partial charge is 0.159 e. The van der Waals surface area contributed by atoms with Gasteiger partial charge in [0, 0.05) is 19.2 Å². The Kier molecular flexibility index (Phi) is 2.97. The van der Waals surface area contributed by atoms with Crippen molar-refractivity contribution < 1.29 is 0 Å². The number of imidazole rings is 1. The quantitative estimate of drug-likeness (QED) is 0.867. The lowest BCUT2D eigenvalue weighted by Gasteiger charge is -2.43. The number of aromatic nitrogens is 2. The van der Waals surface area contributed by atoms with Crippen LogP contribution in [0.4, 0.5) is 5.82 Å². The van der Waals surface area contributed by atoms with Crippen molar-refractivity contribution in [3.8, 4) is 0 Å². The zero-order valence-electron chi connectivity index (χ0n) is 12.0. The average Bonchev–Trinajstić information content (AvgIpc) is 3.06. The van der Waals surface area contributed by atoms with Crippen LogP contribution < -0.4 is 4.90 Å². The molecule has 0 saturated carbocycles. The first kappa shape index (κ1) is 12.7. The Balaban J connectivity index is 2.09. The first-order chi connectivity index (χ1) is 9.59. The Labute approximate surface area is 118 Å². The molecule has 2 heterocycles. The van der Waals surface area contributed by atoms with E-state index in [0.717, 1.165) is 11.5 Å². The maximum absolute atomic E-state index is 8.46. The van der Waals surface area contributed by atoms with Gasteiger partial charge in [0.15, 0.2) is 11.7 Å². The highest BCUT2D eigenvalue weighted by Crippen LogP contribution is 2.33. The summed E-state index contributed by atoms with van der Waals surface area (Å²) in [7, 11) is 2.03. The molecule has 0 radical (unpaired) electrons. The zero-order chi connectivity index (χ0) is 14.3. The van der Waals surface area contributed by atoms with Crippen molar-refractivity contribution in [2.75, 3.05) is 11.9 Å². The molecule has 1 aromatic heterocycles. The average molecular weight is 269 g/mol. The van der Waals surface area contributed by atoms with E-state index in [2.05, 4.69) is 39.2 Å². The van der Waals surface area contributed by atoms with E-state index in [1.807, 2.05) is 32.0 Å². The number of aromatic amines is 1. The fourth-order valence-corrected chi connectivity index (χ4v) is 2.81. The second-order valence-corrected chi connectivity index (χ2v) is 5.44. The molecule has 1 unspecified atom stereocenters. The Morgan fingerprint density at radius 2 is 2.05 bits per heavy atom. The molecule has 0 saturated heterocycles. The number of hydrogen-bond acceptors (Lipinski definition) is 3. The van der Waals surface area contributed by atoms with Crippen LogP contribution in [0.15, 0.2) is 42.4 Å². The third-order valence-electron chi connectivity index (χ3n) is 3.65. The minimum absolute atomic E-state index is 0.0446. The van der Waals surface area contributed by atoms with Crippen molar-refractivity contribution in [1.82, 2.24) is 14.9 Å². The Bertz CT molecular complexity index is 606. The molecular weight excluding hydrogens is 250 g/mol. The van der Waals surface area contributed by atoms with E-state index in [4.69, 9.17) is 5.41 Å². The fraction of sp³-hybridized carbons (Fsp3) is 0.333. The maximum Gasteiger partial charge on any atom is 0.159 e. The second-order valence-electron chi connectivity index (χ2n) is 5.44. The van der Waals surface area contributed by atoms with Crippen molar-refractivity contribution in [3.63, 3.8) is 0 Å². The van der Waals surface area contributed by atoms with Crippen molar-refractivity contribution in [2.45, 2.75) is 20.0 Å². The second kappa shape index (κ2) is 4.67. The number of fused-ring (bicyclic) bond motifs is 1. The number of amidine groups is 1. The summed E-state index contributed by atoms with van der Waals surface area (Å²) in [6.07, 6.45) is 12.2. The molecule has 3 rings (SSSR count). The van der Waals surface area contributed by atoms with Crippen LogP contribution in [0, 0.1) is 11.3 Å². The molecule has 0 spiro atoms. The molecule has 1 atom stereocenters. The van der Waals surface area contributed by atoms with Gasteiger partial charge in [-0.05, 0) is 13.8 Å². The van der Waals surface area contributed by atoms with Crippen LogP contribution >= 0.6 is 0 Å². The molecule has 5 heteroatoms. The molecule has 0 fully saturated rings. The number of hydrogen-bond donors (Lipinski definition) is 2. The molecule has 5 nitrogen and oxygen atoms in total. The lowest BCUT2D eigenvalue weighted by atomic mass is 10.0. The lowest BCUT2D eigenvalue weighted by molar-refractivity contribution is 0.338. The largest absolute Gasteiger partial charge is 0.340 e. The first-order valence-corrected chi connectivity index (χ1v) is 6.73. The van der Waals surface area contributed by atoms with Gasteiger partial charge in [0.25, 0.3) is 0 Å². The maximum atomic E-state index is 8.46. The first-order valence-electron chi connectivity index (χ1n) is 6.73. The minimum Gasteiger partial charge on any atom is -0.340 e. The Hall–Kier alpha value is -2.30. The van der Waals surface area contributed by atoms with E-state index in [9.17, 15) is 0 Å². The SMILES string of the molecule is CC(C)=CN1C(=N)c2[nH]cnc2N(C)C1C1C=CC=C1. The number of rotatable bonds is 2. The topological polar surface area (TPSA) is 59.0 Å². The molecule has 20 heavy (non-hydrogen) atoms. The van der Waals surface area contributed by atoms with E-state index in [0.29, 0.717) is 5.84 Å².